The van der Waals surface area contributed by atoms with Crippen LogP contribution in [0.3, 0.4) is 0 Å². The van der Waals surface area contributed by atoms with Crippen LogP contribution in [-0.4, -0.2) is 31.0 Å². The van der Waals surface area contributed by atoms with Gasteiger partial charge in [-0.25, -0.2) is 0 Å². The fourth-order valence-electron chi connectivity index (χ4n) is 2.24. The molecule has 0 saturated carbocycles. The Kier molecular flexibility index (Phi) is 6.11. The van der Waals surface area contributed by atoms with Gasteiger partial charge in [-0.05, 0) is 30.7 Å². The van der Waals surface area contributed by atoms with Gasteiger partial charge in [0.15, 0.2) is 11.5 Å². The van der Waals surface area contributed by atoms with Gasteiger partial charge >= 0.3 is 0 Å². The quantitative estimate of drug-likeness (QED) is 0.619. The fourth-order valence-corrected chi connectivity index (χ4v) is 2.24. The van der Waals surface area contributed by atoms with Gasteiger partial charge in [-0.3, -0.25) is 25.4 Å². The molecule has 130 valence electrons. The number of pyridine rings is 1. The van der Waals surface area contributed by atoms with Gasteiger partial charge < -0.3 is 9.47 Å². The largest absolute Gasteiger partial charge is 0.493 e. The molecule has 25 heavy (non-hydrogen) atoms. The topological polar surface area (TPSA) is 89.6 Å². The summed E-state index contributed by atoms with van der Waals surface area (Å²) in [5.74, 6) is 0.0145. The average Bonchev–Trinajstić information content (AvgIpc) is 2.66. The van der Waals surface area contributed by atoms with Crippen molar-refractivity contribution in [2.75, 3.05) is 14.2 Å². The van der Waals surface area contributed by atoms with E-state index in [0.29, 0.717) is 29.0 Å². The Labute approximate surface area is 145 Å². The van der Waals surface area contributed by atoms with E-state index in [2.05, 4.69) is 22.4 Å². The molecule has 2 rings (SSSR count). The molecule has 0 fully saturated rings. The van der Waals surface area contributed by atoms with Crippen LogP contribution in [-0.2, 0) is 6.42 Å². The second kappa shape index (κ2) is 8.49. The highest BCUT2D eigenvalue weighted by atomic mass is 16.5. The summed E-state index contributed by atoms with van der Waals surface area (Å²) in [6.07, 6.45) is 5.16. The van der Waals surface area contributed by atoms with E-state index in [1.54, 1.807) is 30.5 Å². The molecule has 0 spiro atoms. The van der Waals surface area contributed by atoms with E-state index in [4.69, 9.17) is 9.47 Å². The molecule has 0 aliphatic carbocycles. The third kappa shape index (κ3) is 4.35. The van der Waals surface area contributed by atoms with Crippen molar-refractivity contribution < 1.29 is 19.1 Å². The maximum absolute atomic E-state index is 12.3. The molecular weight excluding hydrogens is 322 g/mol. The average molecular weight is 341 g/mol. The van der Waals surface area contributed by atoms with E-state index in [0.717, 1.165) is 5.56 Å². The zero-order valence-electron chi connectivity index (χ0n) is 14.0. The molecule has 1 aromatic heterocycles. The van der Waals surface area contributed by atoms with Gasteiger partial charge in [0.1, 0.15) is 0 Å². The van der Waals surface area contributed by atoms with E-state index in [1.807, 2.05) is 0 Å². The van der Waals surface area contributed by atoms with Crippen molar-refractivity contribution in [1.29, 1.82) is 0 Å². The monoisotopic (exact) mass is 341 g/mol. The smallest absolute Gasteiger partial charge is 0.271 e. The molecule has 1 aromatic carbocycles. The van der Waals surface area contributed by atoms with Crippen molar-refractivity contribution in [2.45, 2.75) is 6.42 Å². The van der Waals surface area contributed by atoms with Crippen molar-refractivity contribution in [3.8, 4) is 11.5 Å². The summed E-state index contributed by atoms with van der Waals surface area (Å²) in [7, 11) is 3.01. The summed E-state index contributed by atoms with van der Waals surface area (Å²) in [6, 6.07) is 6.42. The van der Waals surface area contributed by atoms with Gasteiger partial charge in [0.2, 0.25) is 0 Å². The minimum Gasteiger partial charge on any atom is -0.493 e. The molecule has 2 amide bonds. The summed E-state index contributed by atoms with van der Waals surface area (Å²) >= 11 is 0. The summed E-state index contributed by atoms with van der Waals surface area (Å²) in [5, 5.41) is 0. The molecule has 2 aromatic rings. The summed E-state index contributed by atoms with van der Waals surface area (Å²) in [5.41, 5.74) is 6.12. The Morgan fingerprint density at radius 3 is 2.44 bits per heavy atom. The summed E-state index contributed by atoms with van der Waals surface area (Å²) in [4.78, 5) is 28.1. The third-order valence-electron chi connectivity index (χ3n) is 3.40. The zero-order chi connectivity index (χ0) is 18.2. The molecular formula is C18H19N3O4. The molecule has 0 aliphatic rings. The van der Waals surface area contributed by atoms with Crippen LogP contribution in [0, 0.1) is 0 Å². The van der Waals surface area contributed by atoms with Crippen molar-refractivity contribution >= 4 is 11.8 Å². The maximum Gasteiger partial charge on any atom is 0.271 e. The number of amides is 2. The number of hydrogen-bond donors (Lipinski definition) is 2. The SMILES string of the molecule is C=CCc1cc(C(=O)NNC(=O)c2cccnc2)cc(OC)c1OC. The van der Waals surface area contributed by atoms with Crippen LogP contribution >= 0.6 is 0 Å². The minimum atomic E-state index is -0.483. The highest BCUT2D eigenvalue weighted by Crippen LogP contribution is 2.33. The molecule has 0 unspecified atom stereocenters. The van der Waals surface area contributed by atoms with Gasteiger partial charge in [-0.15, -0.1) is 6.58 Å². The maximum atomic E-state index is 12.3. The second-order valence-corrected chi connectivity index (χ2v) is 5.01. The van der Waals surface area contributed by atoms with E-state index < -0.39 is 11.8 Å². The lowest BCUT2D eigenvalue weighted by molar-refractivity contribution is 0.0846. The van der Waals surface area contributed by atoms with Crippen molar-refractivity contribution in [3.05, 3.63) is 66.0 Å². The van der Waals surface area contributed by atoms with Gasteiger partial charge in [-0.1, -0.05) is 6.08 Å². The van der Waals surface area contributed by atoms with Crippen molar-refractivity contribution in [1.82, 2.24) is 15.8 Å². The Morgan fingerprint density at radius 1 is 1.16 bits per heavy atom. The lowest BCUT2D eigenvalue weighted by atomic mass is 10.1. The molecule has 0 bridgehead atoms. The number of hydrogen-bond acceptors (Lipinski definition) is 5. The lowest BCUT2D eigenvalue weighted by Gasteiger charge is -2.14. The first-order valence-corrected chi connectivity index (χ1v) is 7.47. The number of methoxy groups -OCH3 is 2. The number of carbonyl (C=O) groups excluding carboxylic acids is 2. The molecule has 7 nitrogen and oxygen atoms in total. The number of carbonyl (C=O) groups is 2. The van der Waals surface area contributed by atoms with E-state index in [-0.39, 0.29) is 0 Å². The number of hydrazine groups is 1. The van der Waals surface area contributed by atoms with Crippen LogP contribution < -0.4 is 20.3 Å². The van der Waals surface area contributed by atoms with Crippen LogP contribution in [0.2, 0.25) is 0 Å². The number of aromatic nitrogens is 1. The van der Waals surface area contributed by atoms with Crippen LogP contribution in [0.4, 0.5) is 0 Å². The number of nitrogens with zero attached hydrogens (tertiary/aromatic N) is 1. The number of nitrogens with one attached hydrogen (secondary N) is 2. The molecule has 2 N–H and O–H groups in total. The first-order chi connectivity index (χ1) is 12.1. The Morgan fingerprint density at radius 2 is 1.88 bits per heavy atom. The number of rotatable bonds is 6. The fraction of sp³-hybridized carbons (Fsp3) is 0.167. The third-order valence-corrected chi connectivity index (χ3v) is 3.40. The minimum absolute atomic E-state index is 0.320. The molecule has 0 saturated heterocycles. The molecule has 7 heteroatoms. The molecule has 0 radical (unpaired) electrons. The highest BCUT2D eigenvalue weighted by Gasteiger charge is 2.16. The summed E-state index contributed by atoms with van der Waals surface area (Å²) in [6.45, 7) is 3.69. The molecule has 0 atom stereocenters. The number of benzene rings is 1. The van der Waals surface area contributed by atoms with Crippen LogP contribution in [0.15, 0.2) is 49.3 Å². The van der Waals surface area contributed by atoms with Gasteiger partial charge in [-0.2, -0.15) is 0 Å². The molecule has 0 aliphatic heterocycles. The first kappa shape index (κ1) is 18.0. The van der Waals surface area contributed by atoms with Crippen molar-refractivity contribution in [3.63, 3.8) is 0 Å². The number of allylic oxidation sites excluding steroid dienone is 1. The van der Waals surface area contributed by atoms with Crippen LogP contribution in [0.1, 0.15) is 26.3 Å². The lowest BCUT2D eigenvalue weighted by Crippen LogP contribution is -2.41. The van der Waals surface area contributed by atoms with Gasteiger partial charge in [0.25, 0.3) is 11.8 Å². The van der Waals surface area contributed by atoms with Crippen LogP contribution in [0.5, 0.6) is 11.5 Å². The highest BCUT2D eigenvalue weighted by molar-refractivity contribution is 5.99. The van der Waals surface area contributed by atoms with E-state index >= 15 is 0 Å². The first-order valence-electron chi connectivity index (χ1n) is 7.47. The standard InChI is InChI=1S/C18H19N3O4/c1-4-6-12-9-14(10-15(24-2)16(12)25-3)18(23)21-20-17(22)13-7-5-8-19-11-13/h4-5,7-11H,1,6H2,2-3H3,(H,20,22)(H,21,23). The van der Waals surface area contributed by atoms with Gasteiger partial charge in [0.05, 0.1) is 19.8 Å². The summed E-state index contributed by atoms with van der Waals surface area (Å²) < 4.78 is 10.6. The Hall–Kier alpha value is -3.35. The zero-order valence-corrected chi connectivity index (χ0v) is 14.0. The second-order valence-electron chi connectivity index (χ2n) is 5.01. The van der Waals surface area contributed by atoms with E-state index in [1.165, 1.54) is 26.5 Å². The van der Waals surface area contributed by atoms with E-state index in [9.17, 15) is 9.59 Å². The van der Waals surface area contributed by atoms with Gasteiger partial charge in [0, 0.05) is 23.5 Å². The predicted molar refractivity (Wildman–Crippen MR) is 92.6 cm³/mol. The Balaban J connectivity index is 2.17. The van der Waals surface area contributed by atoms with Crippen LogP contribution in [0.25, 0.3) is 0 Å². The predicted octanol–water partition coefficient (Wildman–Crippen LogP) is 1.90. The molecule has 1 heterocycles. The normalized spacial score (nSPS) is 9.84. The van der Waals surface area contributed by atoms with Crippen molar-refractivity contribution in [2.24, 2.45) is 0 Å². The Bertz CT molecular complexity index is 775. The number of ether oxygens (including phenoxy) is 2.